The molecule has 1 saturated heterocycles. The second kappa shape index (κ2) is 8.98. The van der Waals surface area contributed by atoms with Crippen molar-refractivity contribution in [3.63, 3.8) is 0 Å². The standard InChI is InChI=1S/C24H17BrCl2O7/c25-20-13-8-14-19(24(31)34-21(14)20)18(13)23(30)32-9-17(28)10-1-4-12(5-2-10)33-22(29)11-3-6-15(26)16(27)7-11/h1-7,13-14,18-21H,8-9H2/t13-,14-,18-,19+,20+,21+/m1/s1. The van der Waals surface area contributed by atoms with Crippen LogP contribution in [0.1, 0.15) is 27.1 Å². The molecule has 10 heteroatoms. The van der Waals surface area contributed by atoms with E-state index < -0.39 is 36.2 Å². The topological polar surface area (TPSA) is 96.0 Å². The summed E-state index contributed by atoms with van der Waals surface area (Å²) in [6.07, 6.45) is 0.546. The number of rotatable bonds is 6. The van der Waals surface area contributed by atoms with Gasteiger partial charge in [-0.2, -0.15) is 0 Å². The minimum Gasteiger partial charge on any atom is -0.461 e. The zero-order valence-electron chi connectivity index (χ0n) is 17.4. The van der Waals surface area contributed by atoms with Crippen LogP contribution in [0.25, 0.3) is 0 Å². The average Bonchev–Trinajstić information content (AvgIpc) is 3.44. The lowest BCUT2D eigenvalue weighted by Crippen LogP contribution is -2.39. The summed E-state index contributed by atoms with van der Waals surface area (Å²) in [5.41, 5.74) is 0.513. The first-order chi connectivity index (χ1) is 16.2. The second-order valence-electron chi connectivity index (χ2n) is 8.53. The molecule has 176 valence electrons. The van der Waals surface area contributed by atoms with Gasteiger partial charge in [-0.3, -0.25) is 14.4 Å². The van der Waals surface area contributed by atoms with Crippen LogP contribution in [0.4, 0.5) is 0 Å². The third kappa shape index (κ3) is 4.01. The highest BCUT2D eigenvalue weighted by atomic mass is 79.9. The molecule has 3 aliphatic rings. The normalized spacial score (nSPS) is 28.5. The quantitative estimate of drug-likeness (QED) is 0.219. The van der Waals surface area contributed by atoms with Gasteiger partial charge in [-0.05, 0) is 54.8 Å². The molecule has 0 aromatic heterocycles. The molecule has 2 aromatic carbocycles. The molecular weight excluding hydrogens is 551 g/mol. The number of carbonyl (C=O) groups excluding carboxylic acids is 4. The number of hydrogen-bond donors (Lipinski definition) is 0. The Labute approximate surface area is 212 Å². The van der Waals surface area contributed by atoms with Crippen molar-refractivity contribution < 1.29 is 33.4 Å². The molecule has 0 amide bonds. The lowest BCUT2D eigenvalue weighted by molar-refractivity contribution is -0.154. The van der Waals surface area contributed by atoms with E-state index in [1.54, 1.807) is 0 Å². The minimum atomic E-state index is -0.629. The number of Topliss-reactive ketones (excluding diaryl/α,β-unsaturated/α-hetero) is 1. The van der Waals surface area contributed by atoms with Crippen molar-refractivity contribution in [3.05, 3.63) is 63.6 Å². The average molecular weight is 568 g/mol. The first-order valence-corrected chi connectivity index (χ1v) is 12.2. The van der Waals surface area contributed by atoms with E-state index in [9.17, 15) is 19.2 Å². The Kier molecular flexibility index (Phi) is 6.16. The maximum absolute atomic E-state index is 12.7. The Morgan fingerprint density at radius 1 is 1.00 bits per heavy atom. The molecule has 0 unspecified atom stereocenters. The van der Waals surface area contributed by atoms with Gasteiger partial charge in [-0.25, -0.2) is 4.79 Å². The van der Waals surface area contributed by atoms with E-state index >= 15 is 0 Å². The minimum absolute atomic E-state index is 0.0225. The van der Waals surface area contributed by atoms with Crippen LogP contribution in [0.2, 0.25) is 10.0 Å². The van der Waals surface area contributed by atoms with Crippen molar-refractivity contribution >= 4 is 62.8 Å². The number of alkyl halides is 1. The number of carbonyl (C=O) groups is 4. The molecule has 0 spiro atoms. The Balaban J connectivity index is 1.17. The Morgan fingerprint density at radius 3 is 2.41 bits per heavy atom. The van der Waals surface area contributed by atoms with Crippen molar-refractivity contribution in [3.8, 4) is 5.75 Å². The van der Waals surface area contributed by atoms with Gasteiger partial charge < -0.3 is 14.2 Å². The molecule has 1 aliphatic heterocycles. The Morgan fingerprint density at radius 2 is 1.71 bits per heavy atom. The van der Waals surface area contributed by atoms with Gasteiger partial charge in [0, 0.05) is 11.5 Å². The number of ether oxygens (including phenoxy) is 3. The van der Waals surface area contributed by atoms with Crippen molar-refractivity contribution in [1.29, 1.82) is 0 Å². The van der Waals surface area contributed by atoms with E-state index in [4.69, 9.17) is 37.4 Å². The van der Waals surface area contributed by atoms with Crippen molar-refractivity contribution in [1.82, 2.24) is 0 Å². The molecule has 0 N–H and O–H groups in total. The Bertz CT molecular complexity index is 1200. The van der Waals surface area contributed by atoms with Gasteiger partial charge in [0.1, 0.15) is 11.9 Å². The zero-order chi connectivity index (χ0) is 24.1. The Hall–Kier alpha value is -2.42. The van der Waals surface area contributed by atoms with Crippen LogP contribution >= 0.6 is 39.1 Å². The SMILES string of the molecule is O=C(COC(=O)[C@@H]1[C@H]2C[C@H]3[C@H](OC(=O)[C@@H]31)[C@H]2Br)c1ccc(OC(=O)c2ccc(Cl)c(Cl)c2)cc1. The molecule has 2 aliphatic carbocycles. The van der Waals surface area contributed by atoms with Gasteiger partial charge in [0.25, 0.3) is 0 Å². The van der Waals surface area contributed by atoms with Crippen molar-refractivity contribution in [2.75, 3.05) is 6.61 Å². The summed E-state index contributed by atoms with van der Waals surface area (Å²) in [6.45, 7) is -0.451. The van der Waals surface area contributed by atoms with Crippen molar-refractivity contribution in [2.45, 2.75) is 17.4 Å². The molecule has 5 rings (SSSR count). The number of fused-ring (bicyclic) bond motifs is 1. The lowest BCUT2D eigenvalue weighted by Gasteiger charge is -2.26. The van der Waals surface area contributed by atoms with Crippen LogP contribution < -0.4 is 4.74 Å². The van der Waals surface area contributed by atoms with Crippen LogP contribution in [0, 0.1) is 23.7 Å². The maximum atomic E-state index is 12.7. The largest absolute Gasteiger partial charge is 0.461 e. The summed E-state index contributed by atoms with van der Waals surface area (Å²) in [7, 11) is 0. The summed E-state index contributed by atoms with van der Waals surface area (Å²) in [5.74, 6) is -2.85. The molecule has 0 radical (unpaired) electrons. The fourth-order valence-corrected chi connectivity index (χ4v) is 6.45. The molecule has 2 saturated carbocycles. The van der Waals surface area contributed by atoms with E-state index in [-0.39, 0.29) is 50.6 Å². The predicted octanol–water partition coefficient (Wildman–Crippen LogP) is 4.51. The van der Waals surface area contributed by atoms with E-state index in [2.05, 4.69) is 15.9 Å². The molecule has 6 atom stereocenters. The van der Waals surface area contributed by atoms with Gasteiger partial charge in [-0.1, -0.05) is 39.1 Å². The van der Waals surface area contributed by atoms with Gasteiger partial charge >= 0.3 is 17.9 Å². The molecule has 3 fully saturated rings. The predicted molar refractivity (Wildman–Crippen MR) is 124 cm³/mol. The summed E-state index contributed by atoms with van der Waals surface area (Å²) in [5, 5.41) is 0.551. The van der Waals surface area contributed by atoms with Crippen LogP contribution in [-0.4, -0.2) is 41.2 Å². The van der Waals surface area contributed by atoms with Crippen LogP contribution in [0.5, 0.6) is 5.75 Å². The van der Waals surface area contributed by atoms with E-state index in [0.717, 1.165) is 6.42 Å². The third-order valence-electron chi connectivity index (χ3n) is 6.68. The van der Waals surface area contributed by atoms with Gasteiger partial charge in [0.05, 0.1) is 32.3 Å². The highest BCUT2D eigenvalue weighted by Crippen LogP contribution is 2.60. The molecule has 2 aromatic rings. The number of benzene rings is 2. The highest BCUT2D eigenvalue weighted by Gasteiger charge is 2.68. The highest BCUT2D eigenvalue weighted by molar-refractivity contribution is 9.09. The van der Waals surface area contributed by atoms with Crippen LogP contribution in [-0.2, 0) is 19.1 Å². The second-order valence-corrected chi connectivity index (χ2v) is 10.4. The van der Waals surface area contributed by atoms with Gasteiger partial charge in [0.2, 0.25) is 0 Å². The molecular formula is C24H17BrCl2O7. The molecule has 7 nitrogen and oxygen atoms in total. The number of halogens is 3. The van der Waals surface area contributed by atoms with Crippen LogP contribution in [0.15, 0.2) is 42.5 Å². The lowest BCUT2D eigenvalue weighted by atomic mass is 9.80. The monoisotopic (exact) mass is 566 g/mol. The number of hydrogen-bond acceptors (Lipinski definition) is 7. The first kappa shape index (κ1) is 23.3. The molecule has 34 heavy (non-hydrogen) atoms. The maximum Gasteiger partial charge on any atom is 0.343 e. The van der Waals surface area contributed by atoms with Gasteiger partial charge in [0.15, 0.2) is 12.4 Å². The fraction of sp³-hybridized carbons (Fsp3) is 0.333. The summed E-state index contributed by atoms with van der Waals surface area (Å²) in [6, 6.07) is 10.2. The van der Waals surface area contributed by atoms with Gasteiger partial charge in [-0.15, -0.1) is 0 Å². The van der Waals surface area contributed by atoms with Crippen LogP contribution in [0.3, 0.4) is 0 Å². The van der Waals surface area contributed by atoms with Crippen molar-refractivity contribution in [2.24, 2.45) is 23.7 Å². The van der Waals surface area contributed by atoms with E-state index in [0.29, 0.717) is 5.02 Å². The van der Waals surface area contributed by atoms with E-state index in [1.807, 2.05) is 0 Å². The number of esters is 3. The first-order valence-electron chi connectivity index (χ1n) is 10.6. The zero-order valence-corrected chi connectivity index (χ0v) is 20.5. The fourth-order valence-electron chi connectivity index (χ4n) is 5.11. The number of ketones is 1. The summed E-state index contributed by atoms with van der Waals surface area (Å²) >= 11 is 15.3. The smallest absolute Gasteiger partial charge is 0.343 e. The molecule has 2 bridgehead atoms. The summed E-state index contributed by atoms with van der Waals surface area (Å²) < 4.78 is 16.0. The third-order valence-corrected chi connectivity index (χ3v) is 8.62. The molecule has 1 heterocycles. The summed E-state index contributed by atoms with van der Waals surface area (Å²) in [4.78, 5) is 49.6. The van der Waals surface area contributed by atoms with E-state index in [1.165, 1.54) is 42.5 Å².